The van der Waals surface area contributed by atoms with Crippen LogP contribution in [0.1, 0.15) is 29.7 Å². The molecule has 0 aliphatic rings. The fourth-order valence-corrected chi connectivity index (χ4v) is 2.37. The van der Waals surface area contributed by atoms with Crippen molar-refractivity contribution >= 4 is 15.9 Å². The van der Waals surface area contributed by atoms with Gasteiger partial charge < -0.3 is 10.5 Å². The molecule has 0 radical (unpaired) electrons. The van der Waals surface area contributed by atoms with E-state index in [4.69, 9.17) is 10.5 Å². The van der Waals surface area contributed by atoms with Gasteiger partial charge in [0.05, 0.1) is 0 Å². The summed E-state index contributed by atoms with van der Waals surface area (Å²) in [6.45, 7) is 5.72. The van der Waals surface area contributed by atoms with Gasteiger partial charge in [-0.05, 0) is 56.2 Å². The minimum Gasteiger partial charge on any atom is -0.457 e. The highest BCUT2D eigenvalue weighted by atomic mass is 79.9. The molecular formula is C16H17BrFNO. The molecule has 0 aromatic heterocycles. The molecule has 0 saturated heterocycles. The Balaban J connectivity index is 2.43. The zero-order chi connectivity index (χ0) is 14.9. The Morgan fingerprint density at radius 3 is 2.35 bits per heavy atom. The van der Waals surface area contributed by atoms with Gasteiger partial charge >= 0.3 is 0 Å². The topological polar surface area (TPSA) is 35.2 Å². The molecule has 2 aromatic carbocycles. The van der Waals surface area contributed by atoms with Gasteiger partial charge in [-0.2, -0.15) is 0 Å². The first-order valence-electron chi connectivity index (χ1n) is 6.38. The lowest BCUT2D eigenvalue weighted by molar-refractivity contribution is 0.460. The van der Waals surface area contributed by atoms with E-state index < -0.39 is 6.04 Å². The first-order valence-corrected chi connectivity index (χ1v) is 7.18. The standard InChI is InChI=1S/C16H17BrFNO/c1-9-7-12(8-10(2)16(9)17)20-14-6-4-5-13(18)15(14)11(3)19/h4-8,11H,19H2,1-3H3/t11-/m0/s1. The van der Waals surface area contributed by atoms with E-state index in [9.17, 15) is 4.39 Å². The highest BCUT2D eigenvalue weighted by Crippen LogP contribution is 2.33. The highest BCUT2D eigenvalue weighted by molar-refractivity contribution is 9.10. The van der Waals surface area contributed by atoms with Gasteiger partial charge in [0, 0.05) is 16.1 Å². The third kappa shape index (κ3) is 3.02. The number of aryl methyl sites for hydroxylation is 2. The number of hydrogen-bond acceptors (Lipinski definition) is 2. The monoisotopic (exact) mass is 337 g/mol. The molecule has 0 aliphatic carbocycles. The third-order valence-corrected chi connectivity index (χ3v) is 4.36. The lowest BCUT2D eigenvalue weighted by atomic mass is 10.1. The van der Waals surface area contributed by atoms with Crippen LogP contribution in [0.2, 0.25) is 0 Å². The van der Waals surface area contributed by atoms with Crippen LogP contribution in [0.4, 0.5) is 4.39 Å². The fourth-order valence-electron chi connectivity index (χ4n) is 2.14. The van der Waals surface area contributed by atoms with E-state index in [2.05, 4.69) is 15.9 Å². The fraction of sp³-hybridized carbons (Fsp3) is 0.250. The minimum atomic E-state index is -0.427. The SMILES string of the molecule is Cc1cc(Oc2cccc(F)c2[C@H](C)N)cc(C)c1Br. The van der Waals surface area contributed by atoms with Crippen LogP contribution >= 0.6 is 15.9 Å². The summed E-state index contributed by atoms with van der Waals surface area (Å²) in [5, 5.41) is 0. The van der Waals surface area contributed by atoms with Crippen molar-refractivity contribution in [3.8, 4) is 11.5 Å². The normalized spacial score (nSPS) is 12.3. The van der Waals surface area contributed by atoms with Crippen LogP contribution in [0.5, 0.6) is 11.5 Å². The molecule has 4 heteroatoms. The molecule has 1 atom stereocenters. The van der Waals surface area contributed by atoms with Crippen molar-refractivity contribution in [2.45, 2.75) is 26.8 Å². The molecule has 2 N–H and O–H groups in total. The second kappa shape index (κ2) is 5.94. The van der Waals surface area contributed by atoms with E-state index in [-0.39, 0.29) is 5.82 Å². The molecule has 0 heterocycles. The average molecular weight is 338 g/mol. The molecule has 20 heavy (non-hydrogen) atoms. The molecule has 0 amide bonds. The molecule has 2 aromatic rings. The number of hydrogen-bond donors (Lipinski definition) is 1. The largest absolute Gasteiger partial charge is 0.457 e. The number of ether oxygens (including phenoxy) is 1. The molecular weight excluding hydrogens is 321 g/mol. The van der Waals surface area contributed by atoms with Crippen molar-refractivity contribution in [1.29, 1.82) is 0 Å². The summed E-state index contributed by atoms with van der Waals surface area (Å²) in [7, 11) is 0. The van der Waals surface area contributed by atoms with Crippen molar-refractivity contribution in [3.63, 3.8) is 0 Å². The Hall–Kier alpha value is -1.39. The zero-order valence-electron chi connectivity index (χ0n) is 11.7. The number of rotatable bonds is 3. The summed E-state index contributed by atoms with van der Waals surface area (Å²) in [6, 6.07) is 8.14. The van der Waals surface area contributed by atoms with Crippen LogP contribution in [0.15, 0.2) is 34.8 Å². The van der Waals surface area contributed by atoms with Crippen LogP contribution < -0.4 is 10.5 Å². The molecule has 0 spiro atoms. The van der Waals surface area contributed by atoms with Gasteiger partial charge in [-0.1, -0.05) is 22.0 Å². The summed E-state index contributed by atoms with van der Waals surface area (Å²) in [4.78, 5) is 0. The predicted molar refractivity (Wildman–Crippen MR) is 82.7 cm³/mol. The molecule has 0 fully saturated rings. The Labute approximate surface area is 126 Å². The molecule has 2 nitrogen and oxygen atoms in total. The molecule has 0 aliphatic heterocycles. The van der Waals surface area contributed by atoms with Gasteiger partial charge in [0.15, 0.2) is 0 Å². The first-order chi connectivity index (χ1) is 9.40. The van der Waals surface area contributed by atoms with Crippen LogP contribution in [-0.2, 0) is 0 Å². The molecule has 2 rings (SSSR count). The smallest absolute Gasteiger partial charge is 0.135 e. The van der Waals surface area contributed by atoms with E-state index >= 15 is 0 Å². The van der Waals surface area contributed by atoms with E-state index in [0.717, 1.165) is 15.6 Å². The van der Waals surface area contributed by atoms with E-state index in [1.54, 1.807) is 19.1 Å². The zero-order valence-corrected chi connectivity index (χ0v) is 13.3. The highest BCUT2D eigenvalue weighted by Gasteiger charge is 2.15. The van der Waals surface area contributed by atoms with Crippen molar-refractivity contribution < 1.29 is 9.13 Å². The Bertz CT molecular complexity index is 617. The van der Waals surface area contributed by atoms with Crippen LogP contribution in [0.25, 0.3) is 0 Å². The molecule has 0 saturated carbocycles. The maximum atomic E-state index is 13.9. The third-order valence-electron chi connectivity index (χ3n) is 3.11. The van der Waals surface area contributed by atoms with Crippen molar-refractivity contribution in [2.75, 3.05) is 0 Å². The summed E-state index contributed by atoms with van der Waals surface area (Å²) in [5.41, 5.74) is 8.36. The molecule has 0 unspecified atom stereocenters. The van der Waals surface area contributed by atoms with Gasteiger partial charge in [-0.3, -0.25) is 0 Å². The Morgan fingerprint density at radius 1 is 1.20 bits per heavy atom. The summed E-state index contributed by atoms with van der Waals surface area (Å²) in [6.07, 6.45) is 0. The number of benzene rings is 2. The van der Waals surface area contributed by atoms with Gasteiger partial charge in [0.25, 0.3) is 0 Å². The maximum absolute atomic E-state index is 13.9. The van der Waals surface area contributed by atoms with E-state index in [1.165, 1.54) is 6.07 Å². The first kappa shape index (κ1) is 15.0. The van der Waals surface area contributed by atoms with Crippen LogP contribution in [-0.4, -0.2) is 0 Å². The van der Waals surface area contributed by atoms with Gasteiger partial charge in [0.2, 0.25) is 0 Å². The van der Waals surface area contributed by atoms with Crippen molar-refractivity contribution in [3.05, 3.63) is 57.3 Å². The summed E-state index contributed by atoms with van der Waals surface area (Å²) >= 11 is 3.51. The van der Waals surface area contributed by atoms with Crippen LogP contribution in [0.3, 0.4) is 0 Å². The maximum Gasteiger partial charge on any atom is 0.135 e. The van der Waals surface area contributed by atoms with Crippen molar-refractivity contribution in [1.82, 2.24) is 0 Å². The van der Waals surface area contributed by atoms with E-state index in [1.807, 2.05) is 26.0 Å². The summed E-state index contributed by atoms with van der Waals surface area (Å²) in [5.74, 6) is 0.792. The number of nitrogens with two attached hydrogens (primary N) is 1. The predicted octanol–water partition coefficient (Wildman–Crippen LogP) is 5.02. The van der Waals surface area contributed by atoms with Gasteiger partial charge in [-0.15, -0.1) is 0 Å². The van der Waals surface area contributed by atoms with E-state index in [0.29, 0.717) is 17.1 Å². The van der Waals surface area contributed by atoms with Gasteiger partial charge in [-0.25, -0.2) is 4.39 Å². The number of halogens is 2. The Kier molecular flexibility index (Phi) is 4.45. The molecule has 0 bridgehead atoms. The second-order valence-corrected chi connectivity index (χ2v) is 5.71. The van der Waals surface area contributed by atoms with Crippen molar-refractivity contribution in [2.24, 2.45) is 5.73 Å². The molecule has 106 valence electrons. The van der Waals surface area contributed by atoms with Gasteiger partial charge in [0.1, 0.15) is 17.3 Å². The summed E-state index contributed by atoms with van der Waals surface area (Å²) < 4.78 is 20.7. The van der Waals surface area contributed by atoms with Crippen LogP contribution in [0, 0.1) is 19.7 Å². The minimum absolute atomic E-state index is 0.344. The quantitative estimate of drug-likeness (QED) is 0.853. The second-order valence-electron chi connectivity index (χ2n) is 4.91. The average Bonchev–Trinajstić information content (AvgIpc) is 2.35. The Morgan fingerprint density at radius 2 is 1.80 bits per heavy atom. The lowest BCUT2D eigenvalue weighted by Gasteiger charge is -2.15. The lowest BCUT2D eigenvalue weighted by Crippen LogP contribution is -2.09.